The summed E-state index contributed by atoms with van der Waals surface area (Å²) in [5.74, 6) is 1.61. The number of imidazole rings is 1. The van der Waals surface area contributed by atoms with Crippen LogP contribution in [0.1, 0.15) is 22.6 Å². The number of aryl methyl sites for hydroxylation is 1. The van der Waals surface area contributed by atoms with Crippen molar-refractivity contribution in [2.75, 3.05) is 13.2 Å². The molecule has 1 aromatic heterocycles. The Kier molecular flexibility index (Phi) is 6.85. The minimum absolute atomic E-state index is 0.0535. The Morgan fingerprint density at radius 3 is 2.55 bits per heavy atom. The maximum absolute atomic E-state index is 12.2. The third-order valence-electron chi connectivity index (χ3n) is 5.04. The fourth-order valence-electron chi connectivity index (χ4n) is 3.51. The molecule has 4 rings (SSSR count). The van der Waals surface area contributed by atoms with Gasteiger partial charge in [-0.05, 0) is 42.8 Å². The second-order valence-corrected chi connectivity index (χ2v) is 7.58. The van der Waals surface area contributed by atoms with E-state index in [1.807, 2.05) is 72.8 Å². The molecule has 4 aromatic rings. The summed E-state index contributed by atoms with van der Waals surface area (Å²) in [4.78, 5) is 17.0. The number of halogens is 1. The Labute approximate surface area is 186 Å². The summed E-state index contributed by atoms with van der Waals surface area (Å²) in [6, 6.07) is 24.8. The van der Waals surface area contributed by atoms with Gasteiger partial charge in [-0.1, -0.05) is 54.1 Å². The highest BCUT2D eigenvalue weighted by molar-refractivity contribution is 6.32. The van der Waals surface area contributed by atoms with Gasteiger partial charge in [0, 0.05) is 18.5 Å². The zero-order valence-corrected chi connectivity index (χ0v) is 17.9. The summed E-state index contributed by atoms with van der Waals surface area (Å²) in [7, 11) is 0. The zero-order chi connectivity index (χ0) is 21.5. The van der Waals surface area contributed by atoms with Gasteiger partial charge in [0.15, 0.2) is 0 Å². The first kappa shape index (κ1) is 20.9. The van der Waals surface area contributed by atoms with Gasteiger partial charge < -0.3 is 14.6 Å². The molecule has 0 atom stereocenters. The molecule has 6 heteroatoms. The van der Waals surface area contributed by atoms with E-state index < -0.39 is 0 Å². The Balaban J connectivity index is 1.38. The van der Waals surface area contributed by atoms with Crippen molar-refractivity contribution in [3.8, 4) is 5.75 Å². The fraction of sp³-hybridized carbons (Fsp3) is 0.200. The maximum atomic E-state index is 12.2. The lowest BCUT2D eigenvalue weighted by Crippen LogP contribution is -2.25. The van der Waals surface area contributed by atoms with Gasteiger partial charge in [-0.3, -0.25) is 4.79 Å². The van der Waals surface area contributed by atoms with Crippen molar-refractivity contribution in [2.45, 2.75) is 19.4 Å². The van der Waals surface area contributed by atoms with Crippen molar-refractivity contribution in [3.63, 3.8) is 0 Å². The number of hydrogen-bond donors (Lipinski definition) is 1. The van der Waals surface area contributed by atoms with Crippen LogP contribution >= 0.6 is 11.6 Å². The number of benzene rings is 3. The molecule has 0 radical (unpaired) electrons. The first-order chi connectivity index (χ1) is 15.2. The molecular weight excluding hydrogens is 410 g/mol. The molecule has 1 heterocycles. The number of para-hydroxylation sites is 3. The van der Waals surface area contributed by atoms with Crippen LogP contribution in [-0.2, 0) is 13.0 Å². The highest BCUT2D eigenvalue weighted by Gasteiger charge is 2.11. The highest BCUT2D eigenvalue weighted by atomic mass is 35.5. The summed E-state index contributed by atoms with van der Waals surface area (Å²) in [6.07, 6.45) is 1.56. The molecule has 0 fully saturated rings. The zero-order valence-electron chi connectivity index (χ0n) is 17.1. The second kappa shape index (κ2) is 10.1. The van der Waals surface area contributed by atoms with E-state index >= 15 is 0 Å². The van der Waals surface area contributed by atoms with Crippen molar-refractivity contribution in [2.24, 2.45) is 0 Å². The average molecular weight is 434 g/mol. The van der Waals surface area contributed by atoms with Crippen molar-refractivity contribution >= 4 is 28.5 Å². The van der Waals surface area contributed by atoms with Gasteiger partial charge in [-0.2, -0.15) is 0 Å². The van der Waals surface area contributed by atoms with Crippen LogP contribution in [0.5, 0.6) is 5.75 Å². The quantitative estimate of drug-likeness (QED) is 0.372. The summed E-state index contributed by atoms with van der Waals surface area (Å²) in [5.41, 5.74) is 2.71. The SMILES string of the molecule is O=C(NCCCc1nc2ccccc2n1CCOc1ccccc1Cl)c1ccccc1. The minimum Gasteiger partial charge on any atom is -0.490 e. The second-order valence-electron chi connectivity index (χ2n) is 7.17. The molecule has 3 aromatic carbocycles. The van der Waals surface area contributed by atoms with E-state index in [-0.39, 0.29) is 5.91 Å². The largest absolute Gasteiger partial charge is 0.490 e. The summed E-state index contributed by atoms with van der Waals surface area (Å²) in [6.45, 7) is 1.74. The molecule has 0 saturated heterocycles. The lowest BCUT2D eigenvalue weighted by molar-refractivity contribution is 0.0953. The molecule has 0 aliphatic rings. The predicted molar refractivity (Wildman–Crippen MR) is 124 cm³/mol. The van der Waals surface area contributed by atoms with E-state index in [2.05, 4.69) is 16.0 Å². The normalized spacial score (nSPS) is 10.9. The lowest BCUT2D eigenvalue weighted by atomic mass is 10.2. The molecule has 0 aliphatic heterocycles. The van der Waals surface area contributed by atoms with E-state index in [0.29, 0.717) is 36.0 Å². The topological polar surface area (TPSA) is 56.2 Å². The Morgan fingerprint density at radius 1 is 0.968 bits per heavy atom. The third kappa shape index (κ3) is 5.25. The number of carbonyl (C=O) groups excluding carboxylic acids is 1. The number of hydrogen-bond acceptors (Lipinski definition) is 3. The van der Waals surface area contributed by atoms with Gasteiger partial charge in [0.1, 0.15) is 18.2 Å². The smallest absolute Gasteiger partial charge is 0.251 e. The maximum Gasteiger partial charge on any atom is 0.251 e. The summed E-state index contributed by atoms with van der Waals surface area (Å²) >= 11 is 6.19. The average Bonchev–Trinajstić information content (AvgIpc) is 3.16. The van der Waals surface area contributed by atoms with Crippen LogP contribution in [0.15, 0.2) is 78.9 Å². The Bertz CT molecular complexity index is 1160. The van der Waals surface area contributed by atoms with Crippen LogP contribution in [0, 0.1) is 0 Å². The number of ether oxygens (including phenoxy) is 1. The van der Waals surface area contributed by atoms with Gasteiger partial charge in [-0.25, -0.2) is 4.98 Å². The molecule has 0 aliphatic carbocycles. The number of nitrogens with zero attached hydrogens (tertiary/aromatic N) is 2. The summed E-state index contributed by atoms with van der Waals surface area (Å²) in [5, 5.41) is 3.58. The molecule has 31 heavy (non-hydrogen) atoms. The number of rotatable bonds is 9. The summed E-state index contributed by atoms with van der Waals surface area (Å²) < 4.78 is 8.07. The standard InChI is InChI=1S/C25H24ClN3O2/c26-20-11-4-7-14-23(20)31-18-17-29-22-13-6-5-12-21(22)28-24(29)15-8-16-27-25(30)19-9-2-1-3-10-19/h1-7,9-14H,8,15-18H2,(H,27,30). The van der Waals surface area contributed by atoms with Crippen LogP contribution in [0.25, 0.3) is 11.0 Å². The van der Waals surface area contributed by atoms with Gasteiger partial charge in [0.25, 0.3) is 5.91 Å². The van der Waals surface area contributed by atoms with E-state index in [4.69, 9.17) is 21.3 Å². The number of fused-ring (bicyclic) bond motifs is 1. The number of amides is 1. The number of aromatic nitrogens is 2. The monoisotopic (exact) mass is 433 g/mol. The highest BCUT2D eigenvalue weighted by Crippen LogP contribution is 2.23. The van der Waals surface area contributed by atoms with E-state index in [1.54, 1.807) is 0 Å². The van der Waals surface area contributed by atoms with Crippen LogP contribution < -0.4 is 10.1 Å². The molecule has 5 nitrogen and oxygen atoms in total. The van der Waals surface area contributed by atoms with Crippen molar-refractivity contribution in [1.82, 2.24) is 14.9 Å². The van der Waals surface area contributed by atoms with Gasteiger partial charge >= 0.3 is 0 Å². The van der Waals surface area contributed by atoms with Crippen LogP contribution in [0.2, 0.25) is 5.02 Å². The third-order valence-corrected chi connectivity index (χ3v) is 5.35. The van der Waals surface area contributed by atoms with Crippen LogP contribution in [-0.4, -0.2) is 28.6 Å². The molecule has 0 saturated carbocycles. The fourth-order valence-corrected chi connectivity index (χ4v) is 3.70. The first-order valence-electron chi connectivity index (χ1n) is 10.4. The van der Waals surface area contributed by atoms with Crippen molar-refractivity contribution in [3.05, 3.63) is 95.3 Å². The number of carbonyl (C=O) groups is 1. The molecular formula is C25H24ClN3O2. The van der Waals surface area contributed by atoms with Gasteiger partial charge in [0.2, 0.25) is 0 Å². The van der Waals surface area contributed by atoms with Crippen molar-refractivity contribution in [1.29, 1.82) is 0 Å². The van der Waals surface area contributed by atoms with Crippen molar-refractivity contribution < 1.29 is 9.53 Å². The Morgan fingerprint density at radius 2 is 1.71 bits per heavy atom. The number of nitrogens with one attached hydrogen (secondary N) is 1. The molecule has 158 valence electrons. The lowest BCUT2D eigenvalue weighted by Gasteiger charge is -2.12. The van der Waals surface area contributed by atoms with Crippen LogP contribution in [0.3, 0.4) is 0 Å². The Hall–Kier alpha value is -3.31. The molecule has 0 spiro atoms. The molecule has 1 N–H and O–H groups in total. The van der Waals surface area contributed by atoms with Gasteiger partial charge in [0.05, 0.1) is 22.6 Å². The van der Waals surface area contributed by atoms with E-state index in [1.165, 1.54) is 0 Å². The van der Waals surface area contributed by atoms with E-state index in [9.17, 15) is 4.79 Å². The molecule has 1 amide bonds. The van der Waals surface area contributed by atoms with E-state index in [0.717, 1.165) is 29.7 Å². The van der Waals surface area contributed by atoms with Crippen LogP contribution in [0.4, 0.5) is 0 Å². The molecule has 0 bridgehead atoms. The molecule has 0 unspecified atom stereocenters. The van der Waals surface area contributed by atoms with Gasteiger partial charge in [-0.15, -0.1) is 0 Å². The predicted octanol–water partition coefficient (Wildman–Crippen LogP) is 5.13. The minimum atomic E-state index is -0.0535. The first-order valence-corrected chi connectivity index (χ1v) is 10.7.